The summed E-state index contributed by atoms with van der Waals surface area (Å²) < 4.78 is 0. The summed E-state index contributed by atoms with van der Waals surface area (Å²) in [5.74, 6) is 2.37. The average Bonchev–Trinajstić information content (AvgIpc) is 3.19. The Morgan fingerprint density at radius 2 is 1.96 bits per heavy atom. The van der Waals surface area contributed by atoms with Crippen molar-refractivity contribution < 1.29 is 4.79 Å². The van der Waals surface area contributed by atoms with Crippen LogP contribution >= 0.6 is 11.8 Å². The van der Waals surface area contributed by atoms with E-state index in [1.807, 2.05) is 23.9 Å². The normalized spacial score (nSPS) is 17.0. The molecule has 1 fully saturated rings. The summed E-state index contributed by atoms with van der Waals surface area (Å²) >= 11 is 1.93. The molecule has 148 valence electrons. The smallest absolute Gasteiger partial charge is 0.248 e. The standard InChI is InChI=1S/C22H28N4OS/c1-2-24-22(25-14-17-8-10-19(11-9-17)21(23)27)26-13-12-18(15-26)16-28-20-6-4-3-5-7-20/h3-11,18H,2,12-16H2,1H3,(H2,23,27)(H,24,25). The highest BCUT2D eigenvalue weighted by atomic mass is 32.2. The van der Waals surface area contributed by atoms with Crippen LogP contribution in [-0.4, -0.2) is 42.2 Å². The van der Waals surface area contributed by atoms with Gasteiger partial charge in [0.2, 0.25) is 5.91 Å². The maximum absolute atomic E-state index is 11.2. The first-order valence-corrected chi connectivity index (χ1v) is 10.7. The third kappa shape index (κ3) is 5.76. The first-order valence-electron chi connectivity index (χ1n) is 9.75. The van der Waals surface area contributed by atoms with E-state index in [1.54, 1.807) is 12.1 Å². The summed E-state index contributed by atoms with van der Waals surface area (Å²) in [7, 11) is 0. The van der Waals surface area contributed by atoms with Crippen LogP contribution in [-0.2, 0) is 6.54 Å². The Kier molecular flexibility index (Phi) is 7.37. The molecule has 3 rings (SSSR count). The lowest BCUT2D eigenvalue weighted by Gasteiger charge is -2.21. The lowest BCUT2D eigenvalue weighted by Crippen LogP contribution is -2.40. The van der Waals surface area contributed by atoms with E-state index in [9.17, 15) is 4.79 Å². The molecule has 1 amide bonds. The largest absolute Gasteiger partial charge is 0.366 e. The number of nitrogens with one attached hydrogen (secondary N) is 1. The van der Waals surface area contributed by atoms with Gasteiger partial charge in [-0.05, 0) is 49.1 Å². The highest BCUT2D eigenvalue weighted by Gasteiger charge is 2.24. The SMILES string of the molecule is CCNC(=NCc1ccc(C(N)=O)cc1)N1CCC(CSc2ccccc2)C1. The maximum atomic E-state index is 11.2. The number of primary amides is 1. The molecule has 1 aliphatic rings. The van der Waals surface area contributed by atoms with Crippen LogP contribution in [0, 0.1) is 5.92 Å². The van der Waals surface area contributed by atoms with E-state index in [2.05, 4.69) is 47.5 Å². The van der Waals surface area contributed by atoms with Crippen LogP contribution < -0.4 is 11.1 Å². The van der Waals surface area contributed by atoms with Crippen molar-refractivity contribution in [3.63, 3.8) is 0 Å². The van der Waals surface area contributed by atoms with Gasteiger partial charge in [-0.2, -0.15) is 0 Å². The number of thioether (sulfide) groups is 1. The van der Waals surface area contributed by atoms with Gasteiger partial charge in [-0.25, -0.2) is 4.99 Å². The minimum atomic E-state index is -0.403. The Morgan fingerprint density at radius 1 is 1.21 bits per heavy atom. The van der Waals surface area contributed by atoms with Crippen LogP contribution in [0.4, 0.5) is 0 Å². The molecule has 1 aliphatic heterocycles. The molecule has 5 nitrogen and oxygen atoms in total. The molecule has 2 aromatic carbocycles. The minimum Gasteiger partial charge on any atom is -0.366 e. The molecule has 1 heterocycles. The van der Waals surface area contributed by atoms with Gasteiger partial charge in [-0.15, -0.1) is 11.8 Å². The third-order valence-electron chi connectivity index (χ3n) is 4.80. The summed E-state index contributed by atoms with van der Waals surface area (Å²) in [6, 6.07) is 17.9. The Balaban J connectivity index is 1.55. The van der Waals surface area contributed by atoms with Gasteiger partial charge in [0.05, 0.1) is 6.54 Å². The third-order valence-corrected chi connectivity index (χ3v) is 6.04. The lowest BCUT2D eigenvalue weighted by atomic mass is 10.1. The molecule has 6 heteroatoms. The molecular weight excluding hydrogens is 368 g/mol. The Hall–Kier alpha value is -2.47. The zero-order valence-electron chi connectivity index (χ0n) is 16.3. The van der Waals surface area contributed by atoms with Gasteiger partial charge in [0.25, 0.3) is 0 Å². The number of aliphatic imine (C=N–C) groups is 1. The average molecular weight is 397 g/mol. The summed E-state index contributed by atoms with van der Waals surface area (Å²) in [5, 5.41) is 3.41. The topological polar surface area (TPSA) is 70.7 Å². The van der Waals surface area contributed by atoms with Crippen LogP contribution in [0.25, 0.3) is 0 Å². The fourth-order valence-electron chi connectivity index (χ4n) is 3.26. The van der Waals surface area contributed by atoms with Crippen molar-refractivity contribution in [3.8, 4) is 0 Å². The van der Waals surface area contributed by atoms with Crippen molar-refractivity contribution in [2.75, 3.05) is 25.4 Å². The first-order chi connectivity index (χ1) is 13.7. The Morgan fingerprint density at radius 3 is 2.64 bits per heavy atom. The number of rotatable bonds is 7. The number of nitrogens with two attached hydrogens (primary N) is 1. The van der Waals surface area contributed by atoms with E-state index in [-0.39, 0.29) is 0 Å². The summed E-state index contributed by atoms with van der Waals surface area (Å²) in [5.41, 5.74) is 6.89. The van der Waals surface area contributed by atoms with Crippen molar-refractivity contribution in [1.82, 2.24) is 10.2 Å². The number of benzene rings is 2. The van der Waals surface area contributed by atoms with Gasteiger partial charge in [-0.3, -0.25) is 4.79 Å². The first kappa shape index (κ1) is 20.3. The van der Waals surface area contributed by atoms with Crippen molar-refractivity contribution >= 4 is 23.6 Å². The number of nitrogens with zero attached hydrogens (tertiary/aromatic N) is 2. The summed E-state index contributed by atoms with van der Waals surface area (Å²) in [4.78, 5) is 19.7. The second-order valence-electron chi connectivity index (χ2n) is 6.96. The zero-order valence-corrected chi connectivity index (χ0v) is 17.1. The number of carbonyl (C=O) groups is 1. The molecule has 0 radical (unpaired) electrons. The quantitative estimate of drug-likeness (QED) is 0.428. The molecule has 0 bridgehead atoms. The van der Waals surface area contributed by atoms with E-state index in [0.717, 1.165) is 36.9 Å². The molecule has 0 saturated carbocycles. The van der Waals surface area contributed by atoms with Crippen molar-refractivity contribution in [1.29, 1.82) is 0 Å². The van der Waals surface area contributed by atoms with Gasteiger partial charge in [0, 0.05) is 35.8 Å². The van der Waals surface area contributed by atoms with Gasteiger partial charge in [0.1, 0.15) is 0 Å². The number of guanidine groups is 1. The van der Waals surface area contributed by atoms with Gasteiger partial charge in [-0.1, -0.05) is 30.3 Å². The molecule has 0 spiro atoms. The number of likely N-dealkylation sites (tertiary alicyclic amines) is 1. The van der Waals surface area contributed by atoms with E-state index < -0.39 is 5.91 Å². The molecule has 3 N–H and O–H groups in total. The van der Waals surface area contributed by atoms with Crippen molar-refractivity contribution in [2.45, 2.75) is 24.8 Å². The predicted octanol–water partition coefficient (Wildman–Crippen LogP) is 3.37. The summed E-state index contributed by atoms with van der Waals surface area (Å²) in [6.45, 7) is 5.59. The second-order valence-corrected chi connectivity index (χ2v) is 8.05. The number of carbonyl (C=O) groups excluding carboxylic acids is 1. The molecular formula is C22H28N4OS. The van der Waals surface area contributed by atoms with Gasteiger partial charge in [0.15, 0.2) is 5.96 Å². The van der Waals surface area contributed by atoms with Crippen LogP contribution in [0.15, 0.2) is 64.5 Å². The fourth-order valence-corrected chi connectivity index (χ4v) is 4.31. The maximum Gasteiger partial charge on any atom is 0.248 e. The predicted molar refractivity (Wildman–Crippen MR) is 117 cm³/mol. The van der Waals surface area contributed by atoms with Gasteiger partial charge >= 0.3 is 0 Å². The number of amides is 1. The Bertz CT molecular complexity index is 792. The van der Waals surface area contributed by atoms with Crippen LogP contribution in [0.5, 0.6) is 0 Å². The highest BCUT2D eigenvalue weighted by molar-refractivity contribution is 7.99. The van der Waals surface area contributed by atoms with E-state index in [4.69, 9.17) is 10.7 Å². The molecule has 1 atom stereocenters. The monoisotopic (exact) mass is 396 g/mol. The lowest BCUT2D eigenvalue weighted by molar-refractivity contribution is 0.100. The number of hydrogen-bond acceptors (Lipinski definition) is 3. The minimum absolute atomic E-state index is 0.403. The highest BCUT2D eigenvalue weighted by Crippen LogP contribution is 2.26. The van der Waals surface area contributed by atoms with Crippen molar-refractivity contribution in [2.24, 2.45) is 16.6 Å². The second kappa shape index (κ2) is 10.2. The van der Waals surface area contributed by atoms with Crippen molar-refractivity contribution in [3.05, 3.63) is 65.7 Å². The molecule has 1 saturated heterocycles. The van der Waals surface area contributed by atoms with Crippen LogP contribution in [0.1, 0.15) is 29.3 Å². The Labute approximate surface area is 171 Å². The zero-order chi connectivity index (χ0) is 19.8. The van der Waals surface area contributed by atoms with Gasteiger partial charge < -0.3 is 16.0 Å². The van der Waals surface area contributed by atoms with E-state index in [1.165, 1.54) is 11.3 Å². The summed E-state index contributed by atoms with van der Waals surface area (Å²) in [6.07, 6.45) is 1.19. The van der Waals surface area contributed by atoms with E-state index >= 15 is 0 Å². The van der Waals surface area contributed by atoms with Crippen LogP contribution in [0.3, 0.4) is 0 Å². The fraction of sp³-hybridized carbons (Fsp3) is 0.364. The number of hydrogen-bond donors (Lipinski definition) is 2. The van der Waals surface area contributed by atoms with Crippen LogP contribution in [0.2, 0.25) is 0 Å². The molecule has 2 aromatic rings. The molecule has 1 unspecified atom stereocenters. The molecule has 28 heavy (non-hydrogen) atoms. The molecule has 0 aromatic heterocycles. The van der Waals surface area contributed by atoms with E-state index in [0.29, 0.717) is 18.0 Å². The molecule has 0 aliphatic carbocycles.